The third-order valence-electron chi connectivity index (χ3n) is 5.82. The smallest absolute Gasteiger partial charge is 0.190 e. The average molecular weight is 405 g/mol. The molecule has 0 radical (unpaired) electrons. The van der Waals surface area contributed by atoms with Gasteiger partial charge in [0, 0.05) is 12.0 Å². The fourth-order valence-corrected chi connectivity index (χ4v) is 10.1. The van der Waals surface area contributed by atoms with Crippen LogP contribution in [0.1, 0.15) is 36.1 Å². The van der Waals surface area contributed by atoms with Crippen molar-refractivity contribution < 1.29 is 8.85 Å². The number of benzene rings is 3. The standard InChI is InChI=1S/C24H28O2Si2/c1-24(21-14-7-3-8-15-21,22-16-9-4-10-17-22)23(20-12-5-2-6-13-20)26-28-19-11-18-25-27-28/h2-10,12-17,23,28H,11,18-19,27H2,1H3. The first-order valence-corrected chi connectivity index (χ1v) is 15.3. The van der Waals surface area contributed by atoms with Crippen molar-refractivity contribution in [3.63, 3.8) is 0 Å². The van der Waals surface area contributed by atoms with E-state index in [1.807, 2.05) is 0 Å². The molecule has 3 aromatic carbocycles. The van der Waals surface area contributed by atoms with Gasteiger partial charge in [0.15, 0.2) is 17.8 Å². The molecule has 2 unspecified atom stereocenters. The van der Waals surface area contributed by atoms with Crippen LogP contribution in [-0.4, -0.2) is 24.4 Å². The SMILES string of the molecule is CC(c1ccccc1)(c1ccccc1)C(O[SiH]1CCCO[SiH2]1)c1ccccc1. The van der Waals surface area contributed by atoms with Gasteiger partial charge in [-0.05, 0) is 36.1 Å². The van der Waals surface area contributed by atoms with E-state index in [1.54, 1.807) is 0 Å². The van der Waals surface area contributed by atoms with E-state index < -0.39 is 17.8 Å². The van der Waals surface area contributed by atoms with Crippen LogP contribution >= 0.6 is 0 Å². The van der Waals surface area contributed by atoms with Crippen LogP contribution < -0.4 is 0 Å². The van der Waals surface area contributed by atoms with Crippen molar-refractivity contribution in [3.05, 3.63) is 108 Å². The second-order valence-electron chi connectivity index (χ2n) is 7.70. The van der Waals surface area contributed by atoms with E-state index in [1.165, 1.54) is 22.7 Å². The zero-order chi connectivity index (χ0) is 19.2. The zero-order valence-electron chi connectivity index (χ0n) is 16.5. The van der Waals surface area contributed by atoms with Gasteiger partial charge in [-0.3, -0.25) is 0 Å². The highest BCUT2D eigenvalue weighted by Gasteiger charge is 2.41. The van der Waals surface area contributed by atoms with Crippen LogP contribution in [0.3, 0.4) is 0 Å². The highest BCUT2D eigenvalue weighted by Crippen LogP contribution is 2.45. The second-order valence-corrected chi connectivity index (χ2v) is 14.3. The molecule has 2 nitrogen and oxygen atoms in total. The quantitative estimate of drug-likeness (QED) is 0.564. The predicted octanol–water partition coefficient (Wildman–Crippen LogP) is 4.48. The van der Waals surface area contributed by atoms with Crippen LogP contribution in [0.5, 0.6) is 0 Å². The van der Waals surface area contributed by atoms with Crippen LogP contribution in [0.25, 0.3) is 0 Å². The minimum Gasteiger partial charge on any atom is -0.425 e. The van der Waals surface area contributed by atoms with Crippen LogP contribution in [0.4, 0.5) is 0 Å². The van der Waals surface area contributed by atoms with Crippen molar-refractivity contribution in [3.8, 4) is 0 Å². The Morgan fingerprint density at radius 2 is 1.39 bits per heavy atom. The highest BCUT2D eigenvalue weighted by molar-refractivity contribution is 7.06. The van der Waals surface area contributed by atoms with Gasteiger partial charge < -0.3 is 8.85 Å². The molecule has 4 heteroatoms. The topological polar surface area (TPSA) is 18.5 Å². The molecule has 1 fully saturated rings. The summed E-state index contributed by atoms with van der Waals surface area (Å²) in [4.78, 5) is 0. The molecular weight excluding hydrogens is 376 g/mol. The molecular formula is C24H28O2Si2. The van der Waals surface area contributed by atoms with Crippen molar-refractivity contribution in [2.45, 2.75) is 30.9 Å². The van der Waals surface area contributed by atoms with Crippen molar-refractivity contribution in [2.75, 3.05) is 6.61 Å². The Morgan fingerprint density at radius 3 is 1.89 bits per heavy atom. The van der Waals surface area contributed by atoms with Gasteiger partial charge in [0.1, 0.15) is 0 Å². The Balaban J connectivity index is 1.83. The number of hydrogen-bond acceptors (Lipinski definition) is 2. The van der Waals surface area contributed by atoms with E-state index >= 15 is 0 Å². The van der Waals surface area contributed by atoms with Gasteiger partial charge in [-0.25, -0.2) is 0 Å². The molecule has 0 spiro atoms. The molecule has 1 aliphatic heterocycles. The first kappa shape index (κ1) is 19.3. The second kappa shape index (κ2) is 9.01. The van der Waals surface area contributed by atoms with Crippen molar-refractivity contribution in [1.82, 2.24) is 0 Å². The average Bonchev–Trinajstić information content (AvgIpc) is 2.79. The van der Waals surface area contributed by atoms with Crippen molar-refractivity contribution >= 4 is 17.8 Å². The van der Waals surface area contributed by atoms with Gasteiger partial charge >= 0.3 is 0 Å². The molecule has 1 aliphatic rings. The molecule has 0 N–H and O–H groups in total. The lowest BCUT2D eigenvalue weighted by Crippen LogP contribution is -2.41. The lowest BCUT2D eigenvalue weighted by atomic mass is 9.70. The molecule has 4 rings (SSSR count). The van der Waals surface area contributed by atoms with Gasteiger partial charge in [0.05, 0.1) is 6.10 Å². The maximum atomic E-state index is 7.03. The summed E-state index contributed by atoms with van der Waals surface area (Å²) >= 11 is 0. The zero-order valence-corrected chi connectivity index (χ0v) is 19.0. The molecule has 2 atom stereocenters. The Bertz CT molecular complexity index is 810. The third kappa shape index (κ3) is 4.05. The van der Waals surface area contributed by atoms with E-state index in [0.717, 1.165) is 13.0 Å². The molecule has 0 aliphatic carbocycles. The Hall–Kier alpha value is -1.99. The summed E-state index contributed by atoms with van der Waals surface area (Å²) in [5.41, 5.74) is 3.58. The first-order valence-electron chi connectivity index (χ1n) is 10.2. The molecule has 1 saturated heterocycles. The van der Waals surface area contributed by atoms with Gasteiger partial charge in [-0.15, -0.1) is 0 Å². The van der Waals surface area contributed by atoms with E-state index in [2.05, 4.69) is 97.9 Å². The summed E-state index contributed by atoms with van der Waals surface area (Å²) in [6.45, 7) is 3.28. The summed E-state index contributed by atoms with van der Waals surface area (Å²) < 4.78 is 12.9. The van der Waals surface area contributed by atoms with Crippen molar-refractivity contribution in [1.29, 1.82) is 0 Å². The van der Waals surface area contributed by atoms with E-state index in [4.69, 9.17) is 8.85 Å². The summed E-state index contributed by atoms with van der Waals surface area (Å²) in [6, 6.07) is 33.7. The first-order chi connectivity index (χ1) is 13.8. The molecule has 1 heterocycles. The van der Waals surface area contributed by atoms with E-state index in [0.29, 0.717) is 0 Å². The summed E-state index contributed by atoms with van der Waals surface area (Å²) in [5.74, 6) is 0. The van der Waals surface area contributed by atoms with Gasteiger partial charge in [0.2, 0.25) is 0 Å². The summed E-state index contributed by atoms with van der Waals surface area (Å²) in [7, 11) is -1.81. The molecule has 3 aromatic rings. The largest absolute Gasteiger partial charge is 0.425 e. The van der Waals surface area contributed by atoms with Gasteiger partial charge in [-0.1, -0.05) is 91.0 Å². The lowest BCUT2D eigenvalue weighted by Gasteiger charge is -2.41. The van der Waals surface area contributed by atoms with Gasteiger partial charge in [-0.2, -0.15) is 0 Å². The van der Waals surface area contributed by atoms with Crippen LogP contribution in [0, 0.1) is 0 Å². The van der Waals surface area contributed by atoms with Gasteiger partial charge in [0.25, 0.3) is 0 Å². The normalized spacial score (nSPS) is 19.4. The Labute approximate surface area is 172 Å². The maximum Gasteiger partial charge on any atom is 0.190 e. The minimum absolute atomic E-state index is 0.00985. The van der Waals surface area contributed by atoms with E-state index in [9.17, 15) is 0 Å². The fraction of sp³-hybridized carbons (Fsp3) is 0.250. The molecule has 0 amide bonds. The minimum atomic E-state index is -1.28. The molecule has 0 aromatic heterocycles. The molecule has 144 valence electrons. The van der Waals surface area contributed by atoms with Crippen LogP contribution in [0.2, 0.25) is 6.04 Å². The predicted molar refractivity (Wildman–Crippen MR) is 121 cm³/mol. The monoisotopic (exact) mass is 404 g/mol. The molecule has 0 bridgehead atoms. The highest BCUT2D eigenvalue weighted by atomic mass is 29.2. The maximum absolute atomic E-state index is 7.03. The van der Waals surface area contributed by atoms with Crippen LogP contribution in [-0.2, 0) is 14.3 Å². The Kier molecular flexibility index (Phi) is 6.22. The summed E-state index contributed by atoms with van der Waals surface area (Å²) in [5, 5.41) is 0. The van der Waals surface area contributed by atoms with Crippen LogP contribution in [0.15, 0.2) is 91.0 Å². The number of rotatable bonds is 6. The number of hydrogen-bond donors (Lipinski definition) is 0. The molecule has 0 saturated carbocycles. The summed E-state index contributed by atoms with van der Waals surface area (Å²) in [6.07, 6.45) is 1.14. The van der Waals surface area contributed by atoms with Crippen molar-refractivity contribution in [2.24, 2.45) is 0 Å². The lowest BCUT2D eigenvalue weighted by molar-refractivity contribution is 0.136. The van der Waals surface area contributed by atoms with E-state index in [-0.39, 0.29) is 11.5 Å². The third-order valence-corrected chi connectivity index (χ3v) is 12.1. The molecule has 28 heavy (non-hydrogen) atoms. The fourth-order valence-electron chi connectivity index (χ4n) is 4.22. The Morgan fingerprint density at radius 1 is 0.857 bits per heavy atom.